The summed E-state index contributed by atoms with van der Waals surface area (Å²) in [5.74, 6) is -0.447. The zero-order valence-corrected chi connectivity index (χ0v) is 45.4. The molecule has 3 unspecified atom stereocenters. The van der Waals surface area contributed by atoms with Gasteiger partial charge in [0.1, 0.15) is 25.4 Å². The fourth-order valence-corrected chi connectivity index (χ4v) is 9.69. The fraction of sp³-hybridized carbons (Fsp3) is 0.946. The number of rotatable bonds is 53. The molecule has 0 heterocycles. The van der Waals surface area contributed by atoms with Crippen LogP contribution in [0.25, 0.3) is 0 Å². The van der Waals surface area contributed by atoms with Crippen molar-refractivity contribution in [1.29, 1.82) is 0 Å². The molecule has 10 heteroatoms. The maximum absolute atomic E-state index is 13.0. The van der Waals surface area contributed by atoms with Crippen LogP contribution in [0.3, 0.4) is 0 Å². The molecule has 0 spiro atoms. The van der Waals surface area contributed by atoms with Crippen molar-refractivity contribution < 1.29 is 42.7 Å². The fourth-order valence-electron chi connectivity index (χ4n) is 8.78. The second kappa shape index (κ2) is 47.9. The van der Waals surface area contributed by atoms with Crippen LogP contribution >= 0.6 is 7.82 Å². The Labute approximate surface area is 410 Å². The SMILES string of the molecule is CCCCCCCCC=CCCCCCCC(O)CC(OC(=O)CCCCCCCCCCCCCCCCCCCCCCCCCCCCC)[C@H](CO)OP(=O)(O)OCC[N+](C)(C)C. The lowest BCUT2D eigenvalue weighted by atomic mass is 10.0. The highest BCUT2D eigenvalue weighted by Gasteiger charge is 2.35. The summed E-state index contributed by atoms with van der Waals surface area (Å²) in [6, 6.07) is 0. The van der Waals surface area contributed by atoms with Gasteiger partial charge < -0.3 is 24.3 Å². The van der Waals surface area contributed by atoms with Crippen LogP contribution in [0.4, 0.5) is 0 Å². The molecule has 0 radical (unpaired) electrons. The van der Waals surface area contributed by atoms with Crippen LogP contribution < -0.4 is 0 Å². The van der Waals surface area contributed by atoms with E-state index in [2.05, 4.69) is 26.0 Å². The maximum atomic E-state index is 13.0. The van der Waals surface area contributed by atoms with E-state index in [9.17, 15) is 24.5 Å². The molecule has 0 rings (SSSR count). The average Bonchev–Trinajstić information content (AvgIpc) is 3.27. The molecule has 3 N–H and O–H groups in total. The number of aliphatic hydroxyl groups excluding tert-OH is 2. The van der Waals surface area contributed by atoms with Crippen molar-refractivity contribution in [2.45, 2.75) is 302 Å². The van der Waals surface area contributed by atoms with Crippen LogP contribution in [0, 0.1) is 0 Å². The molecule has 0 aromatic heterocycles. The molecular formula is C56H113NO8P+. The second-order valence-corrected chi connectivity index (χ2v) is 22.4. The van der Waals surface area contributed by atoms with Crippen molar-refractivity contribution >= 4 is 13.8 Å². The van der Waals surface area contributed by atoms with Gasteiger partial charge >= 0.3 is 13.8 Å². The lowest BCUT2D eigenvalue weighted by molar-refractivity contribution is -0.870. The summed E-state index contributed by atoms with van der Waals surface area (Å²) in [5.41, 5.74) is 0. The van der Waals surface area contributed by atoms with Crippen LogP contribution in [0.2, 0.25) is 0 Å². The first-order valence-corrected chi connectivity index (χ1v) is 30.0. The van der Waals surface area contributed by atoms with Crippen molar-refractivity contribution in [3.63, 3.8) is 0 Å². The number of esters is 1. The molecule has 0 aromatic rings. The van der Waals surface area contributed by atoms with E-state index in [4.69, 9.17) is 13.8 Å². The van der Waals surface area contributed by atoms with E-state index in [-0.39, 0.29) is 19.4 Å². The van der Waals surface area contributed by atoms with Crippen LogP contribution in [0.5, 0.6) is 0 Å². The maximum Gasteiger partial charge on any atom is 0.472 e. The number of hydrogen-bond donors (Lipinski definition) is 3. The Hall–Kier alpha value is -0.800. The number of unbranched alkanes of at least 4 members (excludes halogenated alkanes) is 36. The number of allylic oxidation sites excluding steroid dienone is 2. The minimum absolute atomic E-state index is 0.0105. The van der Waals surface area contributed by atoms with E-state index in [0.29, 0.717) is 23.9 Å². The first kappa shape index (κ1) is 65.2. The minimum atomic E-state index is -4.56. The predicted molar refractivity (Wildman–Crippen MR) is 281 cm³/mol. The zero-order chi connectivity index (χ0) is 48.7. The van der Waals surface area contributed by atoms with E-state index in [1.54, 1.807) is 0 Å². The third-order valence-electron chi connectivity index (χ3n) is 13.2. The lowest BCUT2D eigenvalue weighted by Crippen LogP contribution is -2.39. The highest BCUT2D eigenvalue weighted by Crippen LogP contribution is 2.45. The molecule has 0 aromatic carbocycles. The molecule has 0 fully saturated rings. The van der Waals surface area contributed by atoms with E-state index < -0.39 is 38.7 Å². The number of aliphatic hydroxyl groups is 2. The van der Waals surface area contributed by atoms with Crippen molar-refractivity contribution in [2.24, 2.45) is 0 Å². The molecule has 0 saturated heterocycles. The highest BCUT2D eigenvalue weighted by molar-refractivity contribution is 7.47. The normalized spacial score (nSPS) is 14.5. The van der Waals surface area contributed by atoms with Crippen LogP contribution in [-0.2, 0) is 23.1 Å². The number of likely N-dealkylation sites (N-methyl/N-ethyl adjacent to an activating group) is 1. The van der Waals surface area contributed by atoms with E-state index >= 15 is 0 Å². The van der Waals surface area contributed by atoms with Crippen molar-refractivity contribution in [1.82, 2.24) is 0 Å². The largest absolute Gasteiger partial charge is 0.472 e. The standard InChI is InChI=1S/C56H112NO8P/c1-6-8-10-12-14-16-18-20-22-23-24-25-26-27-28-29-30-31-32-33-34-36-38-40-42-44-46-48-56(60)64-54(55(52-58)65-66(61,62)63-50-49-57(3,4)5)51-53(59)47-45-43-41-39-37-35-21-19-17-15-13-11-9-7-2/h21,35,53-55,58-59H,6-20,22-34,36-52H2,1-5H3/p+1/t53?,54?,55-/m0/s1. The summed E-state index contributed by atoms with van der Waals surface area (Å²) in [7, 11) is 1.28. The summed E-state index contributed by atoms with van der Waals surface area (Å²) < 4.78 is 29.8. The number of nitrogens with zero attached hydrogens (tertiary/aromatic N) is 1. The molecule has 0 aliphatic rings. The van der Waals surface area contributed by atoms with Gasteiger partial charge in [0.15, 0.2) is 0 Å². The predicted octanol–water partition coefficient (Wildman–Crippen LogP) is 16.4. The monoisotopic (exact) mass is 959 g/mol. The lowest BCUT2D eigenvalue weighted by Gasteiger charge is -2.29. The molecule has 9 nitrogen and oxygen atoms in total. The van der Waals surface area contributed by atoms with Gasteiger partial charge in [-0.25, -0.2) is 4.57 Å². The number of phosphoric acid groups is 1. The van der Waals surface area contributed by atoms with Gasteiger partial charge in [0.25, 0.3) is 0 Å². The zero-order valence-electron chi connectivity index (χ0n) is 44.5. The summed E-state index contributed by atoms with van der Waals surface area (Å²) in [5, 5.41) is 21.2. The number of phosphoric ester groups is 1. The number of carbonyl (C=O) groups excluding carboxylic acids is 1. The third kappa shape index (κ3) is 48.2. The Balaban J connectivity index is 4.27. The van der Waals surface area contributed by atoms with Gasteiger partial charge in [-0.3, -0.25) is 13.8 Å². The number of hydrogen-bond acceptors (Lipinski definition) is 7. The number of ether oxygens (including phenoxy) is 1. The molecule has 0 aliphatic heterocycles. The summed E-state index contributed by atoms with van der Waals surface area (Å²) in [6.07, 6.45) is 52.3. The third-order valence-corrected chi connectivity index (χ3v) is 14.2. The average molecular weight is 959 g/mol. The molecule has 0 saturated carbocycles. The van der Waals surface area contributed by atoms with E-state index in [1.807, 2.05) is 21.1 Å². The molecule has 4 atom stereocenters. The molecular weight excluding hydrogens is 846 g/mol. The van der Waals surface area contributed by atoms with Crippen LogP contribution in [0.1, 0.15) is 284 Å². The first-order chi connectivity index (χ1) is 31.9. The van der Waals surface area contributed by atoms with Gasteiger partial charge in [0.05, 0.1) is 33.9 Å². The quantitative estimate of drug-likeness (QED) is 0.0181. The van der Waals surface area contributed by atoms with Gasteiger partial charge in [-0.2, -0.15) is 0 Å². The summed E-state index contributed by atoms with van der Waals surface area (Å²) in [4.78, 5) is 23.5. The Morgan fingerprint density at radius 2 is 0.879 bits per heavy atom. The number of carbonyl (C=O) groups is 1. The summed E-state index contributed by atoms with van der Waals surface area (Å²) >= 11 is 0. The van der Waals surface area contributed by atoms with Gasteiger partial charge in [-0.1, -0.05) is 244 Å². The van der Waals surface area contributed by atoms with E-state index in [0.717, 1.165) is 51.4 Å². The molecule has 0 aliphatic carbocycles. The van der Waals surface area contributed by atoms with Crippen molar-refractivity contribution in [3.8, 4) is 0 Å². The van der Waals surface area contributed by atoms with Crippen molar-refractivity contribution in [3.05, 3.63) is 12.2 Å². The molecule has 66 heavy (non-hydrogen) atoms. The Bertz CT molecular complexity index is 1100. The van der Waals surface area contributed by atoms with Gasteiger partial charge in [-0.15, -0.1) is 0 Å². The van der Waals surface area contributed by atoms with Crippen LogP contribution in [-0.4, -0.2) is 84.8 Å². The van der Waals surface area contributed by atoms with Gasteiger partial charge in [0, 0.05) is 12.8 Å². The molecule has 394 valence electrons. The van der Waals surface area contributed by atoms with Crippen molar-refractivity contribution in [2.75, 3.05) is 40.9 Å². The van der Waals surface area contributed by atoms with Gasteiger partial charge in [0.2, 0.25) is 0 Å². The Kier molecular flexibility index (Phi) is 47.3. The smallest absolute Gasteiger partial charge is 0.459 e. The highest BCUT2D eigenvalue weighted by atomic mass is 31.2. The Morgan fingerprint density at radius 3 is 1.24 bits per heavy atom. The Morgan fingerprint density at radius 1 is 0.530 bits per heavy atom. The molecule has 0 amide bonds. The van der Waals surface area contributed by atoms with E-state index in [1.165, 1.54) is 193 Å². The second-order valence-electron chi connectivity index (χ2n) is 21.0. The summed E-state index contributed by atoms with van der Waals surface area (Å²) in [6.45, 7) is 4.35. The first-order valence-electron chi connectivity index (χ1n) is 28.5. The van der Waals surface area contributed by atoms with Crippen LogP contribution in [0.15, 0.2) is 12.2 Å². The molecule has 0 bridgehead atoms. The number of quaternary nitrogens is 1. The topological polar surface area (TPSA) is 123 Å². The minimum Gasteiger partial charge on any atom is -0.459 e. The van der Waals surface area contributed by atoms with Gasteiger partial charge in [-0.05, 0) is 38.5 Å².